The van der Waals surface area contributed by atoms with Crippen LogP contribution < -0.4 is 9.57 Å². The Balaban J connectivity index is 1.67. The summed E-state index contributed by atoms with van der Waals surface area (Å²) in [5.41, 5.74) is 0.884. The minimum absolute atomic E-state index is 0.0321. The molecule has 0 aromatic heterocycles. The number of rotatable bonds is 6. The Kier molecular flexibility index (Phi) is 6.53. The third kappa shape index (κ3) is 5.80. The Morgan fingerprint density at radius 2 is 1.55 bits per heavy atom. The fourth-order valence-corrected chi connectivity index (χ4v) is 3.29. The minimum Gasteiger partial charge on any atom is -0.423 e. The topological polar surface area (TPSA) is 84.8 Å². The van der Waals surface area contributed by atoms with E-state index in [1.54, 1.807) is 48.5 Å². The normalized spacial score (nSPS) is 11.4. The van der Waals surface area contributed by atoms with E-state index in [-0.39, 0.29) is 10.6 Å². The SMILES string of the molecule is O=C(Oc1cccc(/C=N/NS(=O)(=O)c2ccc(Cl)cc2)c1)c1ccc(Cl)cc1. The van der Waals surface area contributed by atoms with E-state index in [9.17, 15) is 13.2 Å². The van der Waals surface area contributed by atoms with Crippen molar-refractivity contribution < 1.29 is 17.9 Å². The number of carbonyl (C=O) groups excluding carboxylic acids is 1. The predicted octanol–water partition coefficient (Wildman–Crippen LogP) is 4.53. The van der Waals surface area contributed by atoms with Crippen LogP contribution in [0.15, 0.2) is 82.8 Å². The Morgan fingerprint density at radius 3 is 2.21 bits per heavy atom. The number of carbonyl (C=O) groups is 1. The summed E-state index contributed by atoms with van der Waals surface area (Å²) in [6.07, 6.45) is 1.30. The number of hydrazone groups is 1. The zero-order chi connectivity index (χ0) is 20.9. The van der Waals surface area contributed by atoms with Gasteiger partial charge in [0.15, 0.2) is 0 Å². The lowest BCUT2D eigenvalue weighted by Crippen LogP contribution is -2.18. The first-order valence-electron chi connectivity index (χ1n) is 8.22. The Hall–Kier alpha value is -2.87. The highest BCUT2D eigenvalue weighted by Gasteiger charge is 2.12. The molecular formula is C20H14Cl2N2O4S. The van der Waals surface area contributed by atoms with Gasteiger partial charge in [0.25, 0.3) is 10.0 Å². The summed E-state index contributed by atoms with van der Waals surface area (Å²) >= 11 is 11.6. The van der Waals surface area contributed by atoms with Gasteiger partial charge in [-0.25, -0.2) is 9.63 Å². The van der Waals surface area contributed by atoms with Gasteiger partial charge in [-0.1, -0.05) is 35.3 Å². The summed E-state index contributed by atoms with van der Waals surface area (Å²) in [5, 5.41) is 4.69. The van der Waals surface area contributed by atoms with Crippen molar-refractivity contribution in [3.63, 3.8) is 0 Å². The quantitative estimate of drug-likeness (QED) is 0.260. The molecule has 0 unspecified atom stereocenters. The summed E-state index contributed by atoms with van der Waals surface area (Å²) in [6, 6.07) is 18.5. The van der Waals surface area contributed by atoms with Gasteiger partial charge >= 0.3 is 5.97 Å². The summed E-state index contributed by atoms with van der Waals surface area (Å²) in [6.45, 7) is 0. The maximum atomic E-state index is 12.2. The predicted molar refractivity (Wildman–Crippen MR) is 112 cm³/mol. The summed E-state index contributed by atoms with van der Waals surface area (Å²) in [4.78, 5) is 14.3. The Labute approximate surface area is 177 Å². The van der Waals surface area contributed by atoms with E-state index >= 15 is 0 Å². The number of nitrogens with zero attached hydrogens (tertiary/aromatic N) is 1. The molecule has 0 saturated carbocycles. The molecule has 3 aromatic carbocycles. The van der Waals surface area contributed by atoms with Crippen LogP contribution in [0.5, 0.6) is 5.75 Å². The zero-order valence-corrected chi connectivity index (χ0v) is 17.1. The zero-order valence-electron chi connectivity index (χ0n) is 14.7. The van der Waals surface area contributed by atoms with E-state index in [0.29, 0.717) is 21.2 Å². The average Bonchev–Trinajstić information content (AvgIpc) is 2.69. The first-order chi connectivity index (χ1) is 13.8. The molecule has 6 nitrogen and oxygen atoms in total. The van der Waals surface area contributed by atoms with E-state index in [0.717, 1.165) is 0 Å². The van der Waals surface area contributed by atoms with E-state index < -0.39 is 16.0 Å². The number of halogens is 2. The molecule has 9 heteroatoms. The monoisotopic (exact) mass is 448 g/mol. The molecule has 0 aliphatic carbocycles. The number of nitrogens with one attached hydrogen (secondary N) is 1. The number of hydrogen-bond donors (Lipinski definition) is 1. The standard InChI is InChI=1S/C20H14Cl2N2O4S/c21-16-6-4-15(5-7-16)20(25)28-18-3-1-2-14(12-18)13-23-24-29(26,27)19-10-8-17(22)9-11-19/h1-13,24H/b23-13+. The van der Waals surface area contributed by atoms with E-state index in [1.165, 1.54) is 30.5 Å². The van der Waals surface area contributed by atoms with Crippen molar-refractivity contribution in [3.8, 4) is 5.75 Å². The van der Waals surface area contributed by atoms with Crippen LogP contribution in [0.3, 0.4) is 0 Å². The largest absolute Gasteiger partial charge is 0.423 e. The summed E-state index contributed by atoms with van der Waals surface area (Å²) in [7, 11) is -3.82. The molecule has 0 fully saturated rings. The maximum absolute atomic E-state index is 12.2. The van der Waals surface area contributed by atoms with Gasteiger partial charge in [0, 0.05) is 10.0 Å². The van der Waals surface area contributed by atoms with Crippen molar-refractivity contribution >= 4 is 45.4 Å². The fourth-order valence-electron chi connectivity index (χ4n) is 2.25. The smallest absolute Gasteiger partial charge is 0.343 e. The lowest BCUT2D eigenvalue weighted by atomic mass is 10.2. The number of ether oxygens (including phenoxy) is 1. The second-order valence-corrected chi connectivity index (χ2v) is 8.31. The lowest BCUT2D eigenvalue weighted by molar-refractivity contribution is 0.0735. The molecule has 0 aliphatic rings. The molecule has 0 heterocycles. The van der Waals surface area contributed by atoms with E-state index in [2.05, 4.69) is 9.93 Å². The van der Waals surface area contributed by atoms with Gasteiger partial charge in [-0.05, 0) is 66.2 Å². The summed E-state index contributed by atoms with van der Waals surface area (Å²) < 4.78 is 29.7. The van der Waals surface area contributed by atoms with Crippen LogP contribution in [0.1, 0.15) is 15.9 Å². The summed E-state index contributed by atoms with van der Waals surface area (Å²) in [5.74, 6) is -0.256. The molecule has 1 N–H and O–H groups in total. The van der Waals surface area contributed by atoms with Crippen molar-refractivity contribution in [1.82, 2.24) is 4.83 Å². The van der Waals surface area contributed by atoms with Crippen LogP contribution in [-0.4, -0.2) is 20.6 Å². The molecule has 0 amide bonds. The molecule has 0 spiro atoms. The van der Waals surface area contributed by atoms with Crippen molar-refractivity contribution in [2.45, 2.75) is 4.90 Å². The first-order valence-corrected chi connectivity index (χ1v) is 10.5. The third-order valence-corrected chi connectivity index (χ3v) is 5.40. The van der Waals surface area contributed by atoms with Gasteiger partial charge in [0.1, 0.15) is 5.75 Å². The average molecular weight is 449 g/mol. The fraction of sp³-hybridized carbons (Fsp3) is 0. The molecule has 0 saturated heterocycles. The van der Waals surface area contributed by atoms with Gasteiger partial charge in [-0.3, -0.25) is 0 Å². The minimum atomic E-state index is -3.82. The molecule has 3 aromatic rings. The van der Waals surface area contributed by atoms with Gasteiger partial charge < -0.3 is 4.74 Å². The molecule has 29 heavy (non-hydrogen) atoms. The number of benzene rings is 3. The lowest BCUT2D eigenvalue weighted by Gasteiger charge is -2.05. The van der Waals surface area contributed by atoms with Crippen LogP contribution in [0.25, 0.3) is 0 Å². The van der Waals surface area contributed by atoms with Gasteiger partial charge in [-0.15, -0.1) is 0 Å². The van der Waals surface area contributed by atoms with Crippen molar-refractivity contribution in [3.05, 3.63) is 94.0 Å². The van der Waals surface area contributed by atoms with E-state index in [1.807, 2.05) is 0 Å². The molecule has 0 atom stereocenters. The molecular weight excluding hydrogens is 435 g/mol. The highest BCUT2D eigenvalue weighted by atomic mass is 35.5. The Bertz CT molecular complexity index is 1150. The van der Waals surface area contributed by atoms with Gasteiger partial charge in [0.2, 0.25) is 0 Å². The molecule has 3 rings (SSSR count). The van der Waals surface area contributed by atoms with Gasteiger partial charge in [-0.2, -0.15) is 13.5 Å². The number of sulfonamides is 1. The van der Waals surface area contributed by atoms with Crippen LogP contribution >= 0.6 is 23.2 Å². The van der Waals surface area contributed by atoms with Crippen LogP contribution in [0.4, 0.5) is 0 Å². The van der Waals surface area contributed by atoms with Crippen LogP contribution in [-0.2, 0) is 10.0 Å². The van der Waals surface area contributed by atoms with Crippen molar-refractivity contribution in [2.24, 2.45) is 5.10 Å². The number of hydrogen-bond acceptors (Lipinski definition) is 5. The second kappa shape index (κ2) is 9.09. The highest BCUT2D eigenvalue weighted by Crippen LogP contribution is 2.16. The third-order valence-electron chi connectivity index (χ3n) is 3.66. The first kappa shape index (κ1) is 20.9. The van der Waals surface area contributed by atoms with Gasteiger partial charge in [0.05, 0.1) is 16.7 Å². The Morgan fingerprint density at radius 1 is 0.931 bits per heavy atom. The van der Waals surface area contributed by atoms with Crippen LogP contribution in [0, 0.1) is 0 Å². The molecule has 0 radical (unpaired) electrons. The van der Waals surface area contributed by atoms with Crippen molar-refractivity contribution in [1.29, 1.82) is 0 Å². The van der Waals surface area contributed by atoms with Crippen LogP contribution in [0.2, 0.25) is 10.0 Å². The highest BCUT2D eigenvalue weighted by molar-refractivity contribution is 7.89. The van der Waals surface area contributed by atoms with E-state index in [4.69, 9.17) is 27.9 Å². The maximum Gasteiger partial charge on any atom is 0.343 e. The molecule has 0 aliphatic heterocycles. The second-order valence-electron chi connectivity index (χ2n) is 5.78. The molecule has 148 valence electrons. The molecule has 0 bridgehead atoms. The van der Waals surface area contributed by atoms with Crippen molar-refractivity contribution in [2.75, 3.05) is 0 Å². The number of esters is 1.